The lowest BCUT2D eigenvalue weighted by molar-refractivity contribution is -0.115. The van der Waals surface area contributed by atoms with Crippen molar-refractivity contribution in [2.45, 2.75) is 6.61 Å². The van der Waals surface area contributed by atoms with Gasteiger partial charge >= 0.3 is 6.03 Å². The van der Waals surface area contributed by atoms with Crippen molar-refractivity contribution in [3.05, 3.63) is 67.7 Å². The van der Waals surface area contributed by atoms with Gasteiger partial charge < -0.3 is 10.1 Å². The lowest BCUT2D eigenvalue weighted by atomic mass is 10.1. The number of urea groups is 1. The lowest BCUT2D eigenvalue weighted by Gasteiger charge is -2.11. The predicted octanol–water partition coefficient (Wildman–Crippen LogP) is 4.52. The van der Waals surface area contributed by atoms with Crippen molar-refractivity contribution in [3.63, 3.8) is 0 Å². The van der Waals surface area contributed by atoms with E-state index in [9.17, 15) is 9.59 Å². The molecule has 3 rings (SSSR count). The van der Waals surface area contributed by atoms with Gasteiger partial charge in [-0.1, -0.05) is 45.2 Å². The highest BCUT2D eigenvalue weighted by Crippen LogP contribution is 2.28. The summed E-state index contributed by atoms with van der Waals surface area (Å²) in [6.07, 6.45) is 1.55. The molecule has 25 heavy (non-hydrogen) atoms. The Morgan fingerprint density at radius 1 is 1.08 bits per heavy atom. The zero-order valence-electron chi connectivity index (χ0n) is 12.6. The van der Waals surface area contributed by atoms with E-state index in [1.54, 1.807) is 36.4 Å². The molecular weight excluding hydrogens is 431 g/mol. The molecule has 0 atom stereocenters. The minimum atomic E-state index is -0.554. The third-order valence-corrected chi connectivity index (χ3v) is 4.47. The number of nitrogens with one attached hydrogen (secondary N) is 2. The van der Waals surface area contributed by atoms with Gasteiger partial charge in [0.2, 0.25) is 0 Å². The van der Waals surface area contributed by atoms with Crippen LogP contribution < -0.4 is 15.4 Å². The molecule has 128 valence electrons. The van der Waals surface area contributed by atoms with Gasteiger partial charge in [0, 0.05) is 25.6 Å². The summed E-state index contributed by atoms with van der Waals surface area (Å²) in [5, 5.41) is 5.65. The minimum absolute atomic E-state index is 0.150. The highest BCUT2D eigenvalue weighted by atomic mass is 79.9. The van der Waals surface area contributed by atoms with E-state index in [1.807, 2.05) is 6.07 Å². The number of halogens is 3. The molecule has 0 spiro atoms. The summed E-state index contributed by atoms with van der Waals surface area (Å²) in [7, 11) is 0. The number of hydrogen-bond acceptors (Lipinski definition) is 3. The second-order valence-corrected chi connectivity index (χ2v) is 6.93. The molecule has 8 heteroatoms. The Balaban J connectivity index is 1.85. The van der Waals surface area contributed by atoms with Gasteiger partial charge in [-0.15, -0.1) is 0 Å². The summed E-state index contributed by atoms with van der Waals surface area (Å²) >= 11 is 15.4. The highest BCUT2D eigenvalue weighted by molar-refractivity contribution is 9.10. The highest BCUT2D eigenvalue weighted by Gasteiger charge is 2.23. The Kier molecular flexibility index (Phi) is 5.32. The summed E-state index contributed by atoms with van der Waals surface area (Å²) in [6.45, 7) is 0.229. The Morgan fingerprint density at radius 2 is 1.88 bits per heavy atom. The monoisotopic (exact) mass is 440 g/mol. The number of carbonyl (C=O) groups excluding carboxylic acids is 2. The molecule has 0 aliphatic carbocycles. The average Bonchev–Trinajstić information content (AvgIpc) is 2.85. The maximum atomic E-state index is 11.7. The molecule has 1 fully saturated rings. The van der Waals surface area contributed by atoms with Crippen molar-refractivity contribution in [1.82, 2.24) is 10.6 Å². The number of imide groups is 1. The molecule has 2 N–H and O–H groups in total. The third kappa shape index (κ3) is 4.34. The van der Waals surface area contributed by atoms with Crippen LogP contribution in [0.2, 0.25) is 10.0 Å². The summed E-state index contributed by atoms with van der Waals surface area (Å²) < 4.78 is 6.64. The van der Waals surface area contributed by atoms with E-state index in [2.05, 4.69) is 26.6 Å². The van der Waals surface area contributed by atoms with Crippen molar-refractivity contribution >= 4 is 57.1 Å². The number of benzene rings is 2. The van der Waals surface area contributed by atoms with Crippen LogP contribution in [0.5, 0.6) is 5.75 Å². The van der Waals surface area contributed by atoms with Crippen LogP contribution in [-0.2, 0) is 11.4 Å². The smallest absolute Gasteiger partial charge is 0.326 e. The SMILES string of the molecule is O=C1NC(=O)/C(=C/c2cc(Br)ccc2OCc2ccc(Cl)cc2Cl)N1. The van der Waals surface area contributed by atoms with E-state index in [0.29, 0.717) is 21.4 Å². The van der Waals surface area contributed by atoms with Crippen LogP contribution in [0.1, 0.15) is 11.1 Å². The van der Waals surface area contributed by atoms with Crippen molar-refractivity contribution in [2.75, 3.05) is 0 Å². The molecule has 1 aliphatic heterocycles. The molecule has 0 aromatic heterocycles. The van der Waals surface area contributed by atoms with Crippen LogP contribution in [0.4, 0.5) is 4.79 Å². The van der Waals surface area contributed by atoms with E-state index >= 15 is 0 Å². The second-order valence-electron chi connectivity index (χ2n) is 5.17. The first kappa shape index (κ1) is 17.8. The number of ether oxygens (including phenoxy) is 1. The number of rotatable bonds is 4. The maximum absolute atomic E-state index is 11.7. The Morgan fingerprint density at radius 3 is 2.56 bits per heavy atom. The van der Waals surface area contributed by atoms with Gasteiger partial charge in [-0.3, -0.25) is 10.1 Å². The van der Waals surface area contributed by atoms with Crippen molar-refractivity contribution in [2.24, 2.45) is 0 Å². The summed E-state index contributed by atoms with van der Waals surface area (Å²) in [5.41, 5.74) is 1.56. The van der Waals surface area contributed by atoms with Crippen molar-refractivity contribution in [3.8, 4) is 5.75 Å². The number of hydrogen-bond donors (Lipinski definition) is 2. The molecule has 5 nitrogen and oxygen atoms in total. The van der Waals surface area contributed by atoms with E-state index in [0.717, 1.165) is 10.0 Å². The Hall–Kier alpha value is -2.02. The fourth-order valence-corrected chi connectivity index (χ4v) is 3.04. The quantitative estimate of drug-likeness (QED) is 0.541. The second kappa shape index (κ2) is 7.47. The summed E-state index contributed by atoms with van der Waals surface area (Å²) in [4.78, 5) is 22.9. The van der Waals surface area contributed by atoms with Gasteiger partial charge in [0.05, 0.1) is 0 Å². The van der Waals surface area contributed by atoms with E-state index in [-0.39, 0.29) is 12.3 Å². The topological polar surface area (TPSA) is 67.4 Å². The molecule has 2 aromatic carbocycles. The molecule has 1 heterocycles. The van der Waals surface area contributed by atoms with Gasteiger partial charge in [-0.05, 0) is 36.4 Å². The fourth-order valence-electron chi connectivity index (χ4n) is 2.20. The molecule has 0 saturated carbocycles. The molecular formula is C17H11BrCl2N2O3. The van der Waals surface area contributed by atoms with Crippen molar-refractivity contribution in [1.29, 1.82) is 0 Å². The molecule has 2 aromatic rings. The van der Waals surface area contributed by atoms with Gasteiger partial charge in [0.15, 0.2) is 0 Å². The minimum Gasteiger partial charge on any atom is -0.488 e. The van der Waals surface area contributed by atoms with Crippen LogP contribution in [0.25, 0.3) is 6.08 Å². The molecule has 3 amide bonds. The van der Waals surface area contributed by atoms with Crippen molar-refractivity contribution < 1.29 is 14.3 Å². The van der Waals surface area contributed by atoms with Crippen LogP contribution in [0.3, 0.4) is 0 Å². The Bertz CT molecular complexity index is 899. The largest absolute Gasteiger partial charge is 0.488 e. The molecule has 0 radical (unpaired) electrons. The number of amides is 3. The third-order valence-electron chi connectivity index (χ3n) is 3.39. The zero-order chi connectivity index (χ0) is 18.0. The standard InChI is InChI=1S/C17H11BrCl2N2O3/c18-11-2-4-15(25-8-9-1-3-12(19)7-13(9)20)10(5-11)6-14-16(23)22-17(24)21-14/h1-7H,8H2,(H2,21,22,23,24)/b14-6-. The van der Waals surface area contributed by atoms with E-state index < -0.39 is 11.9 Å². The van der Waals surface area contributed by atoms with Crippen LogP contribution in [-0.4, -0.2) is 11.9 Å². The first-order valence-corrected chi connectivity index (χ1v) is 8.67. The first-order chi connectivity index (χ1) is 11.9. The van der Waals surface area contributed by atoms with Gasteiger partial charge in [-0.25, -0.2) is 4.79 Å². The molecule has 0 bridgehead atoms. The summed E-state index contributed by atoms with van der Waals surface area (Å²) in [6, 6.07) is 9.96. The van der Waals surface area contributed by atoms with E-state index in [4.69, 9.17) is 27.9 Å². The Labute approximate surface area is 162 Å². The fraction of sp³-hybridized carbons (Fsp3) is 0.0588. The normalized spacial score (nSPS) is 15.2. The van der Waals surface area contributed by atoms with Gasteiger partial charge in [-0.2, -0.15) is 0 Å². The van der Waals surface area contributed by atoms with Gasteiger partial charge in [0.1, 0.15) is 18.1 Å². The van der Waals surface area contributed by atoms with E-state index in [1.165, 1.54) is 0 Å². The molecule has 1 saturated heterocycles. The summed E-state index contributed by atoms with van der Waals surface area (Å²) in [5.74, 6) is 0.0485. The first-order valence-electron chi connectivity index (χ1n) is 7.12. The zero-order valence-corrected chi connectivity index (χ0v) is 15.7. The van der Waals surface area contributed by atoms with Crippen LogP contribution in [0, 0.1) is 0 Å². The predicted molar refractivity (Wildman–Crippen MR) is 99.6 cm³/mol. The maximum Gasteiger partial charge on any atom is 0.326 e. The molecule has 1 aliphatic rings. The average molecular weight is 442 g/mol. The lowest BCUT2D eigenvalue weighted by Crippen LogP contribution is -2.22. The van der Waals surface area contributed by atoms with Gasteiger partial charge in [0.25, 0.3) is 5.91 Å². The molecule has 0 unspecified atom stereocenters. The van der Waals surface area contributed by atoms with Crippen LogP contribution >= 0.6 is 39.1 Å². The van der Waals surface area contributed by atoms with Crippen LogP contribution in [0.15, 0.2) is 46.6 Å². The number of carbonyl (C=O) groups is 2.